The molecule has 0 saturated carbocycles. The van der Waals surface area contributed by atoms with Crippen LogP contribution < -0.4 is 11.1 Å². The Morgan fingerprint density at radius 3 is 1.93 bits per heavy atom. The Labute approximate surface area is 184 Å². The third kappa shape index (κ3) is 12.2. The Bertz CT molecular complexity index is 597. The molecule has 0 radical (unpaired) electrons. The first-order chi connectivity index (χ1) is 14.0. The fourth-order valence-corrected chi connectivity index (χ4v) is 3.75. The second kappa shape index (κ2) is 14.5. The molecule has 0 bridgehead atoms. The first-order valence-electron chi connectivity index (χ1n) is 10.8. The number of nitrogens with two attached hydrogens (primary N) is 1. The molecule has 1 aromatic carbocycles. The van der Waals surface area contributed by atoms with E-state index in [1.807, 2.05) is 18.2 Å². The molecule has 172 valence electrons. The number of nitrogens with one attached hydrogen (secondary N) is 1. The van der Waals surface area contributed by atoms with Gasteiger partial charge in [0.25, 0.3) is 0 Å². The van der Waals surface area contributed by atoms with Crippen LogP contribution >= 0.6 is 0 Å². The minimum Gasteiger partial charge on any atom is -0.413 e. The molecule has 3 N–H and O–H groups in total. The number of rotatable bonds is 6. The van der Waals surface area contributed by atoms with Crippen LogP contribution in [0.15, 0.2) is 30.3 Å². The highest BCUT2D eigenvalue weighted by molar-refractivity contribution is 6.74. The molecule has 0 aliphatic carbocycles. The van der Waals surface area contributed by atoms with Crippen molar-refractivity contribution >= 4 is 20.3 Å². The predicted molar refractivity (Wildman–Crippen MR) is 126 cm³/mol. The first kappa shape index (κ1) is 28.5. The second-order valence-electron chi connectivity index (χ2n) is 8.74. The average Bonchev–Trinajstić information content (AvgIpc) is 2.62. The van der Waals surface area contributed by atoms with Crippen LogP contribution in [0.4, 0.5) is 0 Å². The Morgan fingerprint density at radius 1 is 1.07 bits per heavy atom. The van der Waals surface area contributed by atoms with Gasteiger partial charge in [0.15, 0.2) is 8.32 Å². The van der Waals surface area contributed by atoms with E-state index in [-0.39, 0.29) is 24.0 Å². The van der Waals surface area contributed by atoms with Crippen molar-refractivity contribution in [1.82, 2.24) is 5.32 Å². The third-order valence-electron chi connectivity index (χ3n) is 5.06. The van der Waals surface area contributed by atoms with Gasteiger partial charge < -0.3 is 20.2 Å². The number of carbonyl (C=O) groups is 2. The molecule has 0 spiro atoms. The molecule has 30 heavy (non-hydrogen) atoms. The SMILES string of the molecule is CC(C)(C)[Si](C)(C)OC1CC(=O)OC(=O)C1.CCNCC.NCCc1ccccc1. The monoisotopic (exact) mass is 438 g/mol. The van der Waals surface area contributed by atoms with Crippen molar-refractivity contribution in [2.75, 3.05) is 19.6 Å². The summed E-state index contributed by atoms with van der Waals surface area (Å²) in [6.07, 6.45) is 1.08. The van der Waals surface area contributed by atoms with Gasteiger partial charge in [-0.2, -0.15) is 0 Å². The van der Waals surface area contributed by atoms with Crippen LogP contribution in [0.2, 0.25) is 18.1 Å². The van der Waals surface area contributed by atoms with Gasteiger partial charge in [-0.15, -0.1) is 0 Å². The van der Waals surface area contributed by atoms with Crippen LogP contribution in [0.5, 0.6) is 0 Å². The lowest BCUT2D eigenvalue weighted by Gasteiger charge is -2.39. The maximum Gasteiger partial charge on any atom is 0.316 e. The summed E-state index contributed by atoms with van der Waals surface area (Å²) in [5.41, 5.74) is 6.68. The summed E-state index contributed by atoms with van der Waals surface area (Å²) in [7, 11) is -1.91. The number of hydrogen-bond donors (Lipinski definition) is 2. The van der Waals surface area contributed by atoms with Crippen LogP contribution in [-0.4, -0.2) is 46.0 Å². The van der Waals surface area contributed by atoms with Gasteiger partial charge in [0.1, 0.15) is 0 Å². The van der Waals surface area contributed by atoms with Gasteiger partial charge in [-0.25, -0.2) is 0 Å². The van der Waals surface area contributed by atoms with Crippen LogP contribution in [0.25, 0.3) is 0 Å². The van der Waals surface area contributed by atoms with E-state index >= 15 is 0 Å². The summed E-state index contributed by atoms with van der Waals surface area (Å²) in [6.45, 7) is 17.7. The number of carbonyl (C=O) groups excluding carboxylic acids is 2. The molecular formula is C23H42N2O4Si. The number of benzene rings is 1. The molecule has 1 aromatic rings. The first-order valence-corrected chi connectivity index (χ1v) is 13.7. The van der Waals surface area contributed by atoms with Gasteiger partial charge in [0, 0.05) is 0 Å². The Kier molecular flexibility index (Phi) is 13.7. The molecule has 1 fully saturated rings. The highest BCUT2D eigenvalue weighted by Crippen LogP contribution is 2.38. The van der Waals surface area contributed by atoms with Crippen LogP contribution in [0.1, 0.15) is 53.0 Å². The normalized spacial score (nSPS) is 14.8. The molecule has 2 rings (SSSR count). The van der Waals surface area contributed by atoms with E-state index in [0.29, 0.717) is 0 Å². The quantitative estimate of drug-likeness (QED) is 0.396. The molecule has 1 heterocycles. The zero-order valence-electron chi connectivity index (χ0n) is 19.9. The molecule has 0 amide bonds. The van der Waals surface area contributed by atoms with Crippen LogP contribution in [0.3, 0.4) is 0 Å². The summed E-state index contributed by atoms with van der Waals surface area (Å²) < 4.78 is 10.5. The number of hydrogen-bond acceptors (Lipinski definition) is 6. The maximum absolute atomic E-state index is 11.1. The fraction of sp³-hybridized carbons (Fsp3) is 0.652. The van der Waals surface area contributed by atoms with Gasteiger partial charge in [-0.1, -0.05) is 65.0 Å². The lowest BCUT2D eigenvalue weighted by molar-refractivity contribution is -0.167. The smallest absolute Gasteiger partial charge is 0.316 e. The van der Waals surface area contributed by atoms with Gasteiger partial charge in [0.05, 0.1) is 18.9 Å². The van der Waals surface area contributed by atoms with Crippen molar-refractivity contribution in [2.45, 2.75) is 78.1 Å². The average molecular weight is 439 g/mol. The minimum atomic E-state index is -1.91. The molecular weight excluding hydrogens is 396 g/mol. The van der Waals surface area contributed by atoms with Gasteiger partial charge in [-0.05, 0) is 49.8 Å². The van der Waals surface area contributed by atoms with E-state index in [2.05, 4.69) is 69.9 Å². The summed E-state index contributed by atoms with van der Waals surface area (Å²) in [6, 6.07) is 10.3. The Hall–Kier alpha value is -1.54. The third-order valence-corrected chi connectivity index (χ3v) is 9.59. The van der Waals surface area contributed by atoms with Crippen LogP contribution in [0, 0.1) is 0 Å². The lowest BCUT2D eigenvalue weighted by Crippen LogP contribution is -2.46. The molecule has 0 atom stereocenters. The van der Waals surface area contributed by atoms with Crippen molar-refractivity contribution in [3.05, 3.63) is 35.9 Å². The summed E-state index contributed by atoms with van der Waals surface area (Å²) in [5, 5.41) is 3.19. The Balaban J connectivity index is 0.000000502. The van der Waals surface area contributed by atoms with E-state index in [9.17, 15) is 9.59 Å². The van der Waals surface area contributed by atoms with Crippen molar-refractivity contribution in [3.63, 3.8) is 0 Å². The number of cyclic esters (lactones) is 2. The van der Waals surface area contributed by atoms with Crippen LogP contribution in [-0.2, 0) is 25.2 Å². The van der Waals surface area contributed by atoms with Crippen molar-refractivity contribution in [2.24, 2.45) is 5.73 Å². The highest BCUT2D eigenvalue weighted by atomic mass is 28.4. The standard InChI is InChI=1S/C11H20O4Si.C8H11N.C4H11N/c1-11(2,3)16(4,5)15-8-6-9(12)14-10(13)7-8;9-7-6-8-4-2-1-3-5-8;1-3-5-4-2/h8H,6-7H2,1-5H3;1-5H,6-7,9H2;5H,3-4H2,1-2H3. The van der Waals surface area contributed by atoms with E-state index in [0.717, 1.165) is 26.1 Å². The topological polar surface area (TPSA) is 90.6 Å². The predicted octanol–water partition coefficient (Wildman–Crippen LogP) is 4.04. The molecule has 7 heteroatoms. The molecule has 1 aliphatic heterocycles. The lowest BCUT2D eigenvalue weighted by atomic mass is 10.1. The van der Waals surface area contributed by atoms with E-state index in [4.69, 9.17) is 10.2 Å². The van der Waals surface area contributed by atoms with Crippen molar-refractivity contribution in [3.8, 4) is 0 Å². The summed E-state index contributed by atoms with van der Waals surface area (Å²) in [4.78, 5) is 22.2. The second-order valence-corrected chi connectivity index (χ2v) is 13.5. The van der Waals surface area contributed by atoms with E-state index < -0.39 is 20.3 Å². The number of ether oxygens (including phenoxy) is 1. The molecule has 6 nitrogen and oxygen atoms in total. The molecule has 1 saturated heterocycles. The van der Waals surface area contributed by atoms with E-state index in [1.54, 1.807) is 0 Å². The maximum atomic E-state index is 11.1. The summed E-state index contributed by atoms with van der Waals surface area (Å²) >= 11 is 0. The number of esters is 2. The fourth-order valence-electron chi connectivity index (χ4n) is 2.39. The largest absolute Gasteiger partial charge is 0.413 e. The minimum absolute atomic E-state index is 0.0808. The van der Waals surface area contributed by atoms with Gasteiger partial charge >= 0.3 is 11.9 Å². The zero-order chi connectivity index (χ0) is 23.2. The van der Waals surface area contributed by atoms with Crippen molar-refractivity contribution in [1.29, 1.82) is 0 Å². The van der Waals surface area contributed by atoms with E-state index in [1.165, 1.54) is 5.56 Å². The molecule has 1 aliphatic rings. The molecule has 0 unspecified atom stereocenters. The van der Waals surface area contributed by atoms with Crippen molar-refractivity contribution < 1.29 is 18.8 Å². The van der Waals surface area contributed by atoms with Gasteiger partial charge in [-0.3, -0.25) is 9.59 Å². The van der Waals surface area contributed by atoms with Gasteiger partial charge in [0.2, 0.25) is 0 Å². The Morgan fingerprint density at radius 2 is 1.57 bits per heavy atom. The highest BCUT2D eigenvalue weighted by Gasteiger charge is 2.41. The molecule has 0 aromatic heterocycles. The zero-order valence-corrected chi connectivity index (χ0v) is 20.9. The summed E-state index contributed by atoms with van der Waals surface area (Å²) in [5.74, 6) is -0.945.